The van der Waals surface area contributed by atoms with Crippen molar-refractivity contribution in [3.8, 4) is 5.75 Å². The Balaban J connectivity index is 1.23. The first kappa shape index (κ1) is 21.5. The van der Waals surface area contributed by atoms with Gasteiger partial charge >= 0.3 is 0 Å². The Hall–Kier alpha value is -2.32. The zero-order valence-electron chi connectivity index (χ0n) is 18.4. The average Bonchev–Trinajstić information content (AvgIpc) is 3.28. The van der Waals surface area contributed by atoms with Crippen LogP contribution in [0.5, 0.6) is 5.75 Å². The average molecular weight is 441 g/mol. The van der Waals surface area contributed by atoms with Crippen LogP contribution in [0.25, 0.3) is 0 Å². The second-order valence-corrected chi connectivity index (χ2v) is 8.86. The molecular formula is C25H29FN2O4. The molecule has 2 aromatic carbocycles. The van der Waals surface area contributed by atoms with Crippen LogP contribution in [0.4, 0.5) is 4.39 Å². The third-order valence-corrected chi connectivity index (χ3v) is 6.79. The lowest BCUT2D eigenvalue weighted by Gasteiger charge is -2.43. The molecule has 0 aliphatic carbocycles. The number of rotatable bonds is 5. The lowest BCUT2D eigenvalue weighted by molar-refractivity contribution is -0.191. The molecule has 0 atom stereocenters. The van der Waals surface area contributed by atoms with Gasteiger partial charge in [-0.25, -0.2) is 4.39 Å². The van der Waals surface area contributed by atoms with Gasteiger partial charge in [-0.3, -0.25) is 14.6 Å². The standard InChI is InChI=1S/C25H29FN2O4/c1-30-22-6-7-23-20(14-22)15-28(16-25(23)31-12-13-32-25)17-27-10-8-19(9-11-27)24(29)18-2-4-21(26)5-3-18/h2-7,14,19H,8-13,15-17H2,1H3. The molecule has 0 bridgehead atoms. The topological polar surface area (TPSA) is 51.2 Å². The molecule has 3 heterocycles. The van der Waals surface area contributed by atoms with Gasteiger partial charge in [0, 0.05) is 36.7 Å². The number of carbonyl (C=O) groups excluding carboxylic acids is 1. The number of hydrogen-bond donors (Lipinski definition) is 0. The minimum Gasteiger partial charge on any atom is -0.497 e. The lowest BCUT2D eigenvalue weighted by atomic mass is 9.89. The summed E-state index contributed by atoms with van der Waals surface area (Å²) in [5.41, 5.74) is 2.86. The summed E-state index contributed by atoms with van der Waals surface area (Å²) in [4.78, 5) is 17.5. The van der Waals surface area contributed by atoms with E-state index < -0.39 is 5.79 Å². The van der Waals surface area contributed by atoms with Gasteiger partial charge in [-0.05, 0) is 60.9 Å². The first-order valence-electron chi connectivity index (χ1n) is 11.3. The van der Waals surface area contributed by atoms with E-state index in [0.717, 1.165) is 50.5 Å². The third kappa shape index (κ3) is 4.18. The Bertz CT molecular complexity index is 966. The summed E-state index contributed by atoms with van der Waals surface area (Å²) in [5.74, 6) is -0.0771. The fraction of sp³-hybridized carbons (Fsp3) is 0.480. The minimum atomic E-state index is -0.712. The highest BCUT2D eigenvalue weighted by Gasteiger charge is 2.45. The Morgan fingerprint density at radius 2 is 1.81 bits per heavy atom. The highest BCUT2D eigenvalue weighted by Crippen LogP contribution is 2.40. The van der Waals surface area contributed by atoms with Crippen LogP contribution in [-0.2, 0) is 21.8 Å². The van der Waals surface area contributed by atoms with E-state index in [-0.39, 0.29) is 17.5 Å². The number of halogens is 1. The van der Waals surface area contributed by atoms with Crippen molar-refractivity contribution in [1.29, 1.82) is 0 Å². The lowest BCUT2D eigenvalue weighted by Crippen LogP contribution is -2.51. The van der Waals surface area contributed by atoms with Gasteiger partial charge in [-0.2, -0.15) is 0 Å². The Morgan fingerprint density at radius 3 is 2.50 bits per heavy atom. The van der Waals surface area contributed by atoms with Gasteiger partial charge in [0.2, 0.25) is 5.79 Å². The zero-order chi connectivity index (χ0) is 22.1. The molecule has 5 rings (SSSR count). The summed E-state index contributed by atoms with van der Waals surface area (Å²) in [7, 11) is 1.68. The molecule has 7 heteroatoms. The maximum Gasteiger partial charge on any atom is 0.208 e. The van der Waals surface area contributed by atoms with Gasteiger partial charge in [0.15, 0.2) is 5.78 Å². The molecule has 2 saturated heterocycles. The fourth-order valence-electron chi connectivity index (χ4n) is 5.15. The van der Waals surface area contributed by atoms with Crippen LogP contribution in [0.1, 0.15) is 34.3 Å². The number of carbonyl (C=O) groups is 1. The van der Waals surface area contributed by atoms with Crippen LogP contribution in [0.2, 0.25) is 0 Å². The molecule has 2 fully saturated rings. The number of fused-ring (bicyclic) bond motifs is 2. The van der Waals surface area contributed by atoms with Crippen molar-refractivity contribution >= 4 is 5.78 Å². The second kappa shape index (κ2) is 8.90. The Labute approximate surface area is 187 Å². The van der Waals surface area contributed by atoms with Crippen molar-refractivity contribution in [3.05, 3.63) is 65.0 Å². The molecule has 0 saturated carbocycles. The van der Waals surface area contributed by atoms with Crippen LogP contribution >= 0.6 is 0 Å². The summed E-state index contributed by atoms with van der Waals surface area (Å²) in [5, 5.41) is 0. The molecule has 3 aliphatic heterocycles. The van der Waals surface area contributed by atoms with E-state index in [9.17, 15) is 9.18 Å². The summed E-state index contributed by atoms with van der Waals surface area (Å²) in [6.07, 6.45) is 1.62. The maximum absolute atomic E-state index is 13.2. The highest BCUT2D eigenvalue weighted by molar-refractivity contribution is 5.97. The number of hydrogen-bond acceptors (Lipinski definition) is 6. The Morgan fingerprint density at radius 1 is 1.09 bits per heavy atom. The first-order chi connectivity index (χ1) is 15.6. The minimum absolute atomic E-state index is 0.00380. The monoisotopic (exact) mass is 440 g/mol. The summed E-state index contributed by atoms with van der Waals surface area (Å²) < 4.78 is 30.8. The molecule has 3 aliphatic rings. The molecule has 0 radical (unpaired) electrons. The molecular weight excluding hydrogens is 411 g/mol. The van der Waals surface area contributed by atoms with Crippen molar-refractivity contribution in [2.24, 2.45) is 5.92 Å². The van der Waals surface area contributed by atoms with E-state index in [1.807, 2.05) is 6.07 Å². The molecule has 2 aromatic rings. The predicted octanol–water partition coefficient (Wildman–Crippen LogP) is 3.40. The number of benzene rings is 2. The van der Waals surface area contributed by atoms with Crippen LogP contribution in [0.15, 0.2) is 42.5 Å². The van der Waals surface area contributed by atoms with E-state index >= 15 is 0 Å². The van der Waals surface area contributed by atoms with Gasteiger partial charge in [0.25, 0.3) is 0 Å². The third-order valence-electron chi connectivity index (χ3n) is 6.79. The van der Waals surface area contributed by atoms with E-state index in [4.69, 9.17) is 14.2 Å². The fourth-order valence-corrected chi connectivity index (χ4v) is 5.15. The van der Waals surface area contributed by atoms with Crippen LogP contribution in [0.3, 0.4) is 0 Å². The van der Waals surface area contributed by atoms with Gasteiger partial charge in [-0.15, -0.1) is 0 Å². The molecule has 170 valence electrons. The van der Waals surface area contributed by atoms with Crippen LogP contribution < -0.4 is 4.74 Å². The van der Waals surface area contributed by atoms with E-state index in [1.54, 1.807) is 19.2 Å². The molecule has 32 heavy (non-hydrogen) atoms. The summed E-state index contributed by atoms with van der Waals surface area (Å²) in [6, 6.07) is 12.0. The van der Waals surface area contributed by atoms with Crippen molar-refractivity contribution < 1.29 is 23.4 Å². The number of ether oxygens (including phenoxy) is 3. The van der Waals surface area contributed by atoms with Crippen molar-refractivity contribution in [1.82, 2.24) is 9.80 Å². The molecule has 0 unspecified atom stereocenters. The summed E-state index contributed by atoms with van der Waals surface area (Å²) >= 11 is 0. The van der Waals surface area contributed by atoms with E-state index in [2.05, 4.69) is 21.9 Å². The normalized spacial score (nSPS) is 21.6. The number of methoxy groups -OCH3 is 1. The SMILES string of the molecule is COc1ccc2c(c1)CN(CN1CCC(C(=O)c3ccc(F)cc3)CC1)CC21OCCO1. The van der Waals surface area contributed by atoms with Gasteiger partial charge in [0.1, 0.15) is 11.6 Å². The molecule has 0 amide bonds. The van der Waals surface area contributed by atoms with E-state index in [0.29, 0.717) is 25.3 Å². The highest BCUT2D eigenvalue weighted by atomic mass is 19.1. The number of nitrogens with zero attached hydrogens (tertiary/aromatic N) is 2. The van der Waals surface area contributed by atoms with Gasteiger partial charge < -0.3 is 14.2 Å². The van der Waals surface area contributed by atoms with Gasteiger partial charge in [-0.1, -0.05) is 0 Å². The molecule has 0 aromatic heterocycles. The smallest absolute Gasteiger partial charge is 0.208 e. The van der Waals surface area contributed by atoms with Crippen molar-refractivity contribution in [2.45, 2.75) is 25.2 Å². The molecule has 0 N–H and O–H groups in total. The molecule has 1 spiro atoms. The van der Waals surface area contributed by atoms with Crippen molar-refractivity contribution in [2.75, 3.05) is 46.6 Å². The predicted molar refractivity (Wildman–Crippen MR) is 117 cm³/mol. The van der Waals surface area contributed by atoms with Crippen molar-refractivity contribution in [3.63, 3.8) is 0 Å². The quantitative estimate of drug-likeness (QED) is 0.665. The zero-order valence-corrected chi connectivity index (χ0v) is 18.4. The van der Waals surface area contributed by atoms with E-state index in [1.165, 1.54) is 17.7 Å². The first-order valence-corrected chi connectivity index (χ1v) is 11.3. The number of likely N-dealkylation sites (tertiary alicyclic amines) is 1. The summed E-state index contributed by atoms with van der Waals surface area (Å²) in [6.45, 7) is 5.17. The number of Topliss-reactive ketones (excluding diaryl/α,β-unsaturated/α-hetero) is 1. The largest absolute Gasteiger partial charge is 0.497 e. The van der Waals surface area contributed by atoms with Gasteiger partial charge in [0.05, 0.1) is 33.5 Å². The molecule has 6 nitrogen and oxygen atoms in total. The Kier molecular flexibility index (Phi) is 5.99. The maximum atomic E-state index is 13.2. The number of ketones is 1. The number of piperidine rings is 1. The second-order valence-electron chi connectivity index (χ2n) is 8.86. The van der Waals surface area contributed by atoms with Crippen LogP contribution in [0, 0.1) is 11.7 Å². The van der Waals surface area contributed by atoms with Crippen LogP contribution in [-0.4, -0.2) is 62.2 Å².